The lowest BCUT2D eigenvalue weighted by atomic mass is 9.76. The number of allylic oxidation sites excluding steroid dienone is 1. The van der Waals surface area contributed by atoms with Crippen LogP contribution >= 0.6 is 0 Å². The third-order valence-electron chi connectivity index (χ3n) is 8.03. The van der Waals surface area contributed by atoms with Gasteiger partial charge < -0.3 is 10.0 Å². The monoisotopic (exact) mass is 430 g/mol. The number of rotatable bonds is 1. The number of hydrogen-bond acceptors (Lipinski definition) is 4. The number of amidine groups is 1. The number of aliphatic imine (C=N–C) groups is 1. The molecule has 4 heteroatoms. The number of nitrogens with zero attached hydrogens (tertiary/aromatic N) is 2. The van der Waals surface area contributed by atoms with E-state index in [2.05, 4.69) is 47.9 Å². The first-order valence-corrected chi connectivity index (χ1v) is 12.3. The Hall–Kier alpha value is -2.38. The topological polar surface area (TPSA) is 52.9 Å². The van der Waals surface area contributed by atoms with Gasteiger partial charge in [0.05, 0.1) is 5.57 Å². The third kappa shape index (κ3) is 4.55. The van der Waals surface area contributed by atoms with Crippen molar-refractivity contribution in [2.75, 3.05) is 19.7 Å². The molecule has 3 atom stereocenters. The van der Waals surface area contributed by atoms with Crippen molar-refractivity contribution < 1.29 is 9.90 Å². The minimum Gasteiger partial charge on any atom is -0.396 e. The van der Waals surface area contributed by atoms with Gasteiger partial charge in [0.2, 0.25) is 0 Å². The molecule has 2 aliphatic heterocycles. The van der Waals surface area contributed by atoms with E-state index in [-0.39, 0.29) is 24.2 Å². The van der Waals surface area contributed by atoms with E-state index in [0.29, 0.717) is 23.3 Å². The molecule has 3 unspecified atom stereocenters. The molecule has 168 valence electrons. The van der Waals surface area contributed by atoms with Gasteiger partial charge in [-0.05, 0) is 66.9 Å². The Labute approximate surface area is 191 Å². The van der Waals surface area contributed by atoms with Crippen LogP contribution < -0.4 is 0 Å². The molecule has 1 spiro atoms. The highest BCUT2D eigenvalue weighted by molar-refractivity contribution is 6.00. The van der Waals surface area contributed by atoms with E-state index in [1.807, 2.05) is 0 Å². The van der Waals surface area contributed by atoms with Gasteiger partial charge >= 0.3 is 0 Å². The molecule has 4 aliphatic rings. The quantitative estimate of drug-likeness (QED) is 0.681. The van der Waals surface area contributed by atoms with Crippen molar-refractivity contribution in [3.63, 3.8) is 0 Å². The van der Waals surface area contributed by atoms with Crippen molar-refractivity contribution in [1.29, 1.82) is 0 Å². The summed E-state index contributed by atoms with van der Waals surface area (Å²) in [5.41, 5.74) is 4.04. The predicted molar refractivity (Wildman–Crippen MR) is 127 cm³/mol. The number of piperidine rings is 1. The highest BCUT2D eigenvalue weighted by Crippen LogP contribution is 2.44. The number of likely N-dealkylation sites (tertiary alicyclic amines) is 1. The minimum absolute atomic E-state index is 0.108. The average Bonchev–Trinajstić information content (AvgIpc) is 3.46. The summed E-state index contributed by atoms with van der Waals surface area (Å²) in [6.45, 7) is 4.51. The number of aliphatic hydroxyl groups is 1. The molecule has 5 rings (SSSR count). The fourth-order valence-electron chi connectivity index (χ4n) is 5.66. The highest BCUT2D eigenvalue weighted by Gasteiger charge is 2.40. The van der Waals surface area contributed by atoms with Crippen LogP contribution in [0.4, 0.5) is 0 Å². The second-order valence-corrected chi connectivity index (χ2v) is 10.5. The number of hydrogen-bond donors (Lipinski definition) is 1. The van der Waals surface area contributed by atoms with Crippen molar-refractivity contribution >= 4 is 11.6 Å². The Balaban J connectivity index is 1.30. The molecule has 1 N–H and O–H groups in total. The molecule has 1 aromatic rings. The summed E-state index contributed by atoms with van der Waals surface area (Å²) >= 11 is 0. The number of fused-ring (bicyclic) bond motifs is 1. The van der Waals surface area contributed by atoms with Crippen molar-refractivity contribution in [2.24, 2.45) is 28.2 Å². The van der Waals surface area contributed by atoms with Crippen LogP contribution in [-0.2, 0) is 17.6 Å². The first kappa shape index (κ1) is 21.5. The van der Waals surface area contributed by atoms with E-state index in [4.69, 9.17) is 4.99 Å². The van der Waals surface area contributed by atoms with E-state index < -0.39 is 0 Å². The standard InChI is InChI=1S/C28H34N2O2/c1-20-6-9-26(32)24(8-7-21-15-25(21)19-31)18-29-27(14-20)30-12-10-28(11-13-30)16-22-4-2-3-5-23(22)17-28/h2-5,18,20-21,25,31H,6,9-17,19H2,1H3/b24-18-,29-27?. The average molecular weight is 431 g/mol. The molecule has 0 aromatic heterocycles. The van der Waals surface area contributed by atoms with Gasteiger partial charge in [-0.3, -0.25) is 4.79 Å². The molecule has 4 nitrogen and oxygen atoms in total. The molecule has 1 aromatic carbocycles. The van der Waals surface area contributed by atoms with Crippen LogP contribution in [0.3, 0.4) is 0 Å². The van der Waals surface area contributed by atoms with Crippen LogP contribution in [0.2, 0.25) is 0 Å². The van der Waals surface area contributed by atoms with Crippen LogP contribution in [-0.4, -0.2) is 41.3 Å². The van der Waals surface area contributed by atoms with Crippen LogP contribution in [0.25, 0.3) is 0 Å². The maximum Gasteiger partial charge on any atom is 0.172 e. The highest BCUT2D eigenvalue weighted by atomic mass is 16.3. The Morgan fingerprint density at radius 1 is 1.19 bits per heavy atom. The van der Waals surface area contributed by atoms with Gasteiger partial charge in [-0.25, -0.2) is 4.99 Å². The lowest BCUT2D eigenvalue weighted by Gasteiger charge is -2.41. The van der Waals surface area contributed by atoms with Crippen molar-refractivity contribution in [3.8, 4) is 11.8 Å². The van der Waals surface area contributed by atoms with Gasteiger partial charge in [0.15, 0.2) is 5.78 Å². The summed E-state index contributed by atoms with van der Waals surface area (Å²) in [7, 11) is 0. The fraction of sp³-hybridized carbons (Fsp3) is 0.571. The van der Waals surface area contributed by atoms with E-state index in [1.54, 1.807) is 6.20 Å². The van der Waals surface area contributed by atoms with E-state index in [9.17, 15) is 9.90 Å². The first-order chi connectivity index (χ1) is 15.5. The van der Waals surface area contributed by atoms with Gasteiger partial charge in [-0.15, -0.1) is 0 Å². The summed E-state index contributed by atoms with van der Waals surface area (Å²) in [6, 6.07) is 8.94. The minimum atomic E-state index is 0.108. The maximum absolute atomic E-state index is 12.7. The van der Waals surface area contributed by atoms with Crippen LogP contribution in [0, 0.1) is 35.0 Å². The number of Topliss-reactive ketones (excluding diaryl/α,β-unsaturated/α-hetero) is 1. The SMILES string of the molecule is CC1CCC(=O)/C(C#CC2CC2CO)=C\N=C(N2CCC3(CC2)Cc2ccccc2C3)C1. The Kier molecular flexibility index (Phi) is 5.95. The van der Waals surface area contributed by atoms with Gasteiger partial charge in [-0.1, -0.05) is 43.0 Å². The number of carbonyl (C=O) groups excluding carboxylic acids is 1. The van der Waals surface area contributed by atoms with E-state index in [0.717, 1.165) is 38.2 Å². The summed E-state index contributed by atoms with van der Waals surface area (Å²) in [5.74, 6) is 8.49. The molecule has 2 fully saturated rings. The van der Waals surface area contributed by atoms with E-state index >= 15 is 0 Å². The fourth-order valence-corrected chi connectivity index (χ4v) is 5.66. The second-order valence-electron chi connectivity index (χ2n) is 10.5. The zero-order valence-electron chi connectivity index (χ0n) is 19.1. The first-order valence-electron chi connectivity index (χ1n) is 12.3. The molecule has 2 aliphatic carbocycles. The van der Waals surface area contributed by atoms with E-state index in [1.165, 1.54) is 36.8 Å². The zero-order chi connectivity index (χ0) is 22.1. The van der Waals surface area contributed by atoms with Crippen molar-refractivity contribution in [3.05, 3.63) is 47.2 Å². The number of carbonyl (C=O) groups is 1. The van der Waals surface area contributed by atoms with Gasteiger partial charge in [-0.2, -0.15) is 0 Å². The van der Waals surface area contributed by atoms with Gasteiger partial charge in [0, 0.05) is 44.7 Å². The number of ketones is 1. The Morgan fingerprint density at radius 2 is 1.91 bits per heavy atom. The summed E-state index contributed by atoms with van der Waals surface area (Å²) in [4.78, 5) is 20.0. The number of benzene rings is 1. The second kappa shape index (κ2) is 8.87. The molecular weight excluding hydrogens is 396 g/mol. The zero-order valence-corrected chi connectivity index (χ0v) is 19.1. The Morgan fingerprint density at radius 3 is 2.56 bits per heavy atom. The molecular formula is C28H34N2O2. The molecule has 0 amide bonds. The summed E-state index contributed by atoms with van der Waals surface area (Å²) < 4.78 is 0. The molecule has 32 heavy (non-hydrogen) atoms. The normalized spacial score (nSPS) is 30.8. The summed E-state index contributed by atoms with van der Waals surface area (Å²) in [6.07, 6.45) is 9.85. The largest absolute Gasteiger partial charge is 0.396 e. The van der Waals surface area contributed by atoms with Gasteiger partial charge in [0.1, 0.15) is 5.84 Å². The van der Waals surface area contributed by atoms with Crippen LogP contribution in [0.15, 0.2) is 41.0 Å². The third-order valence-corrected chi connectivity index (χ3v) is 8.03. The lowest BCUT2D eigenvalue weighted by molar-refractivity contribution is -0.115. The molecule has 0 radical (unpaired) electrons. The molecule has 1 saturated heterocycles. The van der Waals surface area contributed by atoms with Crippen LogP contribution in [0.5, 0.6) is 0 Å². The Bertz CT molecular complexity index is 977. The van der Waals surface area contributed by atoms with Gasteiger partial charge in [0.25, 0.3) is 0 Å². The molecule has 1 saturated carbocycles. The number of aliphatic hydroxyl groups excluding tert-OH is 1. The van der Waals surface area contributed by atoms with Crippen LogP contribution in [0.1, 0.15) is 56.6 Å². The lowest BCUT2D eigenvalue weighted by Crippen LogP contribution is -2.44. The van der Waals surface area contributed by atoms with Crippen molar-refractivity contribution in [1.82, 2.24) is 4.90 Å². The maximum atomic E-state index is 12.7. The smallest absolute Gasteiger partial charge is 0.172 e. The summed E-state index contributed by atoms with van der Waals surface area (Å²) in [5, 5.41) is 9.24. The molecule has 2 heterocycles. The van der Waals surface area contributed by atoms with Crippen molar-refractivity contribution in [2.45, 2.75) is 58.3 Å². The predicted octanol–water partition coefficient (Wildman–Crippen LogP) is 4.17. The molecule has 0 bridgehead atoms.